The molecule has 0 atom stereocenters. The fraction of sp³-hybridized carbons (Fsp3) is 0.222. The molecule has 0 amide bonds. The third-order valence-electron chi connectivity index (χ3n) is 1.88. The monoisotopic (exact) mass is 279 g/mol. The summed E-state index contributed by atoms with van der Waals surface area (Å²) in [6.45, 7) is 1.58. The van der Waals surface area contributed by atoms with Crippen molar-refractivity contribution in [2.24, 2.45) is 0 Å². The van der Waals surface area contributed by atoms with Crippen molar-refractivity contribution < 1.29 is 17.6 Å². The molecule has 15 heavy (non-hydrogen) atoms. The van der Waals surface area contributed by atoms with Gasteiger partial charge in [0.05, 0.1) is 10.0 Å². The van der Waals surface area contributed by atoms with Gasteiger partial charge in [-0.15, -0.1) is 0 Å². The van der Waals surface area contributed by atoms with Crippen LogP contribution in [0.5, 0.6) is 0 Å². The van der Waals surface area contributed by atoms with Crippen LogP contribution < -0.4 is 0 Å². The van der Waals surface area contributed by atoms with E-state index in [9.17, 15) is 13.2 Å². The molecule has 1 aromatic heterocycles. The van der Waals surface area contributed by atoms with Gasteiger partial charge in [0, 0.05) is 6.92 Å². The lowest BCUT2D eigenvalue weighted by molar-refractivity contribution is -0.137. The highest BCUT2D eigenvalue weighted by Crippen LogP contribution is 2.35. The summed E-state index contributed by atoms with van der Waals surface area (Å²) in [5.41, 5.74) is -0.204. The minimum atomic E-state index is -4.37. The van der Waals surface area contributed by atoms with Crippen LogP contribution in [-0.2, 0) is 6.18 Å². The zero-order valence-corrected chi connectivity index (χ0v) is 9.11. The molecule has 2 rings (SSSR count). The van der Waals surface area contributed by atoms with E-state index in [2.05, 4.69) is 20.9 Å². The number of hydrogen-bond acceptors (Lipinski definition) is 2. The Morgan fingerprint density at radius 2 is 2.00 bits per heavy atom. The zero-order chi connectivity index (χ0) is 11.2. The fourth-order valence-electron chi connectivity index (χ4n) is 1.27. The molecule has 0 spiro atoms. The summed E-state index contributed by atoms with van der Waals surface area (Å²) in [5, 5.41) is 0. The van der Waals surface area contributed by atoms with Crippen LogP contribution >= 0.6 is 15.9 Å². The summed E-state index contributed by atoms with van der Waals surface area (Å²) in [4.78, 5) is 3.85. The number of aryl methyl sites for hydroxylation is 1. The molecule has 1 aromatic carbocycles. The highest BCUT2D eigenvalue weighted by atomic mass is 79.9. The molecular weight excluding hydrogens is 275 g/mol. The van der Waals surface area contributed by atoms with E-state index in [0.29, 0.717) is 11.5 Å². The third-order valence-corrected chi connectivity index (χ3v) is 2.47. The van der Waals surface area contributed by atoms with Crippen molar-refractivity contribution >= 4 is 27.0 Å². The number of halogens is 4. The summed E-state index contributed by atoms with van der Waals surface area (Å²) < 4.78 is 42.7. The molecule has 0 fully saturated rings. The second-order valence-corrected chi connectivity index (χ2v) is 3.89. The van der Waals surface area contributed by atoms with Crippen LogP contribution in [0.3, 0.4) is 0 Å². The number of fused-ring (bicyclic) bond motifs is 1. The Morgan fingerprint density at radius 1 is 1.33 bits per heavy atom. The Morgan fingerprint density at radius 3 is 2.60 bits per heavy atom. The average Bonchev–Trinajstić information content (AvgIpc) is 2.44. The van der Waals surface area contributed by atoms with E-state index < -0.39 is 11.7 Å². The molecule has 0 N–H and O–H groups in total. The highest BCUT2D eigenvalue weighted by Gasteiger charge is 2.31. The fourth-order valence-corrected chi connectivity index (χ4v) is 1.80. The predicted molar refractivity (Wildman–Crippen MR) is 51.4 cm³/mol. The Kier molecular flexibility index (Phi) is 2.26. The van der Waals surface area contributed by atoms with Crippen molar-refractivity contribution in [3.8, 4) is 0 Å². The Hall–Kier alpha value is -1.04. The van der Waals surface area contributed by atoms with E-state index in [1.54, 1.807) is 6.92 Å². The molecular formula is C9H5BrF3NO. The maximum atomic E-state index is 12.4. The lowest BCUT2D eigenvalue weighted by Gasteiger charge is -2.06. The maximum Gasteiger partial charge on any atom is 0.416 e. The second kappa shape index (κ2) is 3.23. The summed E-state index contributed by atoms with van der Waals surface area (Å²) in [7, 11) is 0. The summed E-state index contributed by atoms with van der Waals surface area (Å²) in [5.74, 6) is 0.338. The van der Waals surface area contributed by atoms with Crippen molar-refractivity contribution in [3.05, 3.63) is 28.1 Å². The topological polar surface area (TPSA) is 26.0 Å². The largest absolute Gasteiger partial charge is 0.440 e. The first-order valence-corrected chi connectivity index (χ1v) is 4.81. The SMILES string of the molecule is Cc1nc2cc(C(F)(F)F)cc(Br)c2o1. The standard InChI is InChI=1S/C9H5BrF3NO/c1-4-14-7-3-5(9(11,12)13)2-6(10)8(7)15-4/h2-3H,1H3. The normalized spacial score (nSPS) is 12.3. The number of oxazole rings is 1. The van der Waals surface area contributed by atoms with Gasteiger partial charge in [0.2, 0.25) is 0 Å². The molecule has 2 nitrogen and oxygen atoms in total. The lowest BCUT2D eigenvalue weighted by Crippen LogP contribution is -2.04. The number of aromatic nitrogens is 1. The molecule has 0 radical (unpaired) electrons. The molecule has 0 bridgehead atoms. The van der Waals surface area contributed by atoms with Gasteiger partial charge in [0.1, 0.15) is 5.52 Å². The lowest BCUT2D eigenvalue weighted by atomic mass is 10.2. The summed E-state index contributed by atoms with van der Waals surface area (Å²) in [6.07, 6.45) is -4.37. The molecule has 0 aliphatic carbocycles. The molecule has 0 saturated carbocycles. The number of alkyl halides is 3. The Labute approximate surface area is 91.2 Å². The van der Waals surface area contributed by atoms with E-state index in [1.165, 1.54) is 0 Å². The molecule has 1 heterocycles. The van der Waals surface area contributed by atoms with Gasteiger partial charge in [-0.05, 0) is 28.1 Å². The maximum absolute atomic E-state index is 12.4. The van der Waals surface area contributed by atoms with Crippen molar-refractivity contribution in [1.29, 1.82) is 0 Å². The van der Waals surface area contributed by atoms with Crippen molar-refractivity contribution in [2.45, 2.75) is 13.1 Å². The van der Waals surface area contributed by atoms with Crippen LogP contribution in [0, 0.1) is 6.92 Å². The van der Waals surface area contributed by atoms with E-state index in [1.807, 2.05) is 0 Å². The molecule has 0 aliphatic heterocycles. The predicted octanol–water partition coefficient (Wildman–Crippen LogP) is 3.92. The molecule has 80 valence electrons. The smallest absolute Gasteiger partial charge is 0.416 e. The van der Waals surface area contributed by atoms with Gasteiger partial charge in [0.25, 0.3) is 0 Å². The van der Waals surface area contributed by atoms with E-state index in [4.69, 9.17) is 4.42 Å². The first-order chi connectivity index (χ1) is 6.88. The first kappa shape index (κ1) is 10.5. The van der Waals surface area contributed by atoms with Crippen LogP contribution in [0.15, 0.2) is 21.0 Å². The first-order valence-electron chi connectivity index (χ1n) is 4.02. The molecule has 6 heteroatoms. The van der Waals surface area contributed by atoms with Gasteiger partial charge in [0.15, 0.2) is 11.5 Å². The molecule has 2 aromatic rings. The van der Waals surface area contributed by atoms with E-state index in [-0.39, 0.29) is 9.99 Å². The number of rotatable bonds is 0. The number of benzene rings is 1. The number of nitrogens with zero attached hydrogens (tertiary/aromatic N) is 1. The molecule has 0 unspecified atom stereocenters. The molecule has 0 aliphatic rings. The summed E-state index contributed by atoms with van der Waals surface area (Å²) in [6, 6.07) is 1.95. The van der Waals surface area contributed by atoms with Crippen molar-refractivity contribution in [3.63, 3.8) is 0 Å². The number of hydrogen-bond donors (Lipinski definition) is 0. The van der Waals surface area contributed by atoms with Gasteiger partial charge in [-0.25, -0.2) is 4.98 Å². The summed E-state index contributed by atoms with van der Waals surface area (Å²) >= 11 is 3.02. The van der Waals surface area contributed by atoms with Crippen LogP contribution in [0.4, 0.5) is 13.2 Å². The quantitative estimate of drug-likeness (QED) is 0.731. The zero-order valence-electron chi connectivity index (χ0n) is 7.52. The highest BCUT2D eigenvalue weighted by molar-refractivity contribution is 9.10. The van der Waals surface area contributed by atoms with Gasteiger partial charge in [-0.2, -0.15) is 13.2 Å². The van der Waals surface area contributed by atoms with Gasteiger partial charge in [-0.3, -0.25) is 0 Å². The Bertz CT molecular complexity index is 518. The van der Waals surface area contributed by atoms with Crippen LogP contribution in [0.1, 0.15) is 11.5 Å². The van der Waals surface area contributed by atoms with Gasteiger partial charge in [-0.1, -0.05) is 0 Å². The van der Waals surface area contributed by atoms with Crippen LogP contribution in [0.2, 0.25) is 0 Å². The van der Waals surface area contributed by atoms with Gasteiger partial charge < -0.3 is 4.42 Å². The van der Waals surface area contributed by atoms with Crippen molar-refractivity contribution in [2.75, 3.05) is 0 Å². The van der Waals surface area contributed by atoms with E-state index in [0.717, 1.165) is 12.1 Å². The minimum Gasteiger partial charge on any atom is -0.440 e. The average molecular weight is 280 g/mol. The van der Waals surface area contributed by atoms with E-state index >= 15 is 0 Å². The van der Waals surface area contributed by atoms with Crippen LogP contribution in [-0.4, -0.2) is 4.98 Å². The minimum absolute atomic E-state index is 0.203. The molecule has 0 saturated heterocycles. The second-order valence-electron chi connectivity index (χ2n) is 3.04. The Balaban J connectivity index is 2.72. The van der Waals surface area contributed by atoms with Crippen molar-refractivity contribution in [1.82, 2.24) is 4.98 Å². The van der Waals surface area contributed by atoms with Gasteiger partial charge >= 0.3 is 6.18 Å². The van der Waals surface area contributed by atoms with Crippen LogP contribution in [0.25, 0.3) is 11.1 Å². The third kappa shape index (κ3) is 1.86.